The van der Waals surface area contributed by atoms with Crippen molar-refractivity contribution in [3.63, 3.8) is 0 Å². The Labute approximate surface area is 158 Å². The van der Waals surface area contributed by atoms with Crippen LogP contribution >= 0.6 is 0 Å². The van der Waals surface area contributed by atoms with Gasteiger partial charge in [-0.15, -0.1) is 5.10 Å². The zero-order chi connectivity index (χ0) is 18.6. The summed E-state index contributed by atoms with van der Waals surface area (Å²) in [5.41, 5.74) is 1.42. The Morgan fingerprint density at radius 2 is 1.93 bits per heavy atom. The molecule has 3 heterocycles. The van der Waals surface area contributed by atoms with Gasteiger partial charge in [-0.25, -0.2) is 9.67 Å². The number of benzene rings is 1. The quantitative estimate of drug-likeness (QED) is 0.696. The Bertz CT molecular complexity index is 931. The molecule has 2 aromatic heterocycles. The molecule has 0 radical (unpaired) electrons. The van der Waals surface area contributed by atoms with Gasteiger partial charge >= 0.3 is 0 Å². The molecule has 0 bridgehead atoms. The summed E-state index contributed by atoms with van der Waals surface area (Å²) in [5, 5.41) is 9.32. The number of hydrogen-bond acceptors (Lipinski definition) is 5. The highest BCUT2D eigenvalue weighted by Crippen LogP contribution is 2.17. The minimum atomic E-state index is -0.00880. The number of pyridine rings is 1. The summed E-state index contributed by atoms with van der Waals surface area (Å²) in [6.45, 7) is 3.02. The summed E-state index contributed by atoms with van der Waals surface area (Å²) >= 11 is 0. The molecule has 4 rings (SSSR count). The maximum atomic E-state index is 12.5. The standard InChI is InChI=1S/C20H24N6O/c1-24(19-10-9-16-7-3-4-8-17(16)21-19)13-14-26-15-18(22-23-26)20(27)25-11-5-2-6-12-25/h3-4,7-10,15H,2,5-6,11-14H2,1H3. The van der Waals surface area contributed by atoms with E-state index >= 15 is 0 Å². The van der Waals surface area contributed by atoms with Gasteiger partial charge in [-0.2, -0.15) is 0 Å². The van der Waals surface area contributed by atoms with E-state index in [0.29, 0.717) is 12.2 Å². The third kappa shape index (κ3) is 3.92. The fraction of sp³-hybridized carbons (Fsp3) is 0.400. The number of para-hydroxylation sites is 1. The largest absolute Gasteiger partial charge is 0.358 e. The Kier molecular flexibility index (Phi) is 5.00. The average molecular weight is 364 g/mol. The number of rotatable bonds is 5. The molecule has 1 aliphatic rings. The van der Waals surface area contributed by atoms with E-state index in [2.05, 4.69) is 27.3 Å². The van der Waals surface area contributed by atoms with Crippen molar-refractivity contribution in [2.45, 2.75) is 25.8 Å². The third-order valence-corrected chi connectivity index (χ3v) is 5.04. The summed E-state index contributed by atoms with van der Waals surface area (Å²) in [5.74, 6) is 0.906. The van der Waals surface area contributed by atoms with Crippen LogP contribution in [-0.4, -0.2) is 57.5 Å². The first-order valence-electron chi connectivity index (χ1n) is 9.47. The van der Waals surface area contributed by atoms with Gasteiger partial charge in [0.05, 0.1) is 18.3 Å². The van der Waals surface area contributed by atoms with Gasteiger partial charge in [0.15, 0.2) is 5.69 Å². The number of nitrogens with zero attached hydrogens (tertiary/aromatic N) is 6. The zero-order valence-electron chi connectivity index (χ0n) is 15.6. The highest BCUT2D eigenvalue weighted by atomic mass is 16.2. The van der Waals surface area contributed by atoms with Gasteiger partial charge in [0.25, 0.3) is 5.91 Å². The molecule has 1 amide bonds. The van der Waals surface area contributed by atoms with Crippen molar-refractivity contribution >= 4 is 22.6 Å². The second-order valence-corrected chi connectivity index (χ2v) is 7.00. The molecule has 27 heavy (non-hydrogen) atoms. The van der Waals surface area contributed by atoms with Gasteiger partial charge < -0.3 is 9.80 Å². The van der Waals surface area contributed by atoms with Crippen molar-refractivity contribution in [2.24, 2.45) is 0 Å². The molecule has 0 atom stereocenters. The lowest BCUT2D eigenvalue weighted by Gasteiger charge is -2.25. The number of likely N-dealkylation sites (tertiary alicyclic amines) is 1. The Hall–Kier alpha value is -2.96. The first kappa shape index (κ1) is 17.5. The van der Waals surface area contributed by atoms with Crippen LogP contribution in [0.1, 0.15) is 29.8 Å². The lowest BCUT2D eigenvalue weighted by Crippen LogP contribution is -2.35. The van der Waals surface area contributed by atoms with Crippen molar-refractivity contribution in [1.29, 1.82) is 0 Å². The SMILES string of the molecule is CN(CCn1cc(C(=O)N2CCCCC2)nn1)c1ccc2ccccc2n1. The van der Waals surface area contributed by atoms with Crippen LogP contribution in [0.15, 0.2) is 42.6 Å². The smallest absolute Gasteiger partial charge is 0.276 e. The molecule has 1 aromatic carbocycles. The van der Waals surface area contributed by atoms with Crippen molar-refractivity contribution in [2.75, 3.05) is 31.6 Å². The van der Waals surface area contributed by atoms with Crippen LogP contribution < -0.4 is 4.90 Å². The van der Waals surface area contributed by atoms with E-state index in [4.69, 9.17) is 4.98 Å². The van der Waals surface area contributed by atoms with Crippen LogP contribution in [0.2, 0.25) is 0 Å². The molecule has 0 spiro atoms. The summed E-state index contributed by atoms with van der Waals surface area (Å²) in [6.07, 6.45) is 5.09. The number of carbonyl (C=O) groups is 1. The van der Waals surface area contributed by atoms with Crippen LogP contribution in [0.25, 0.3) is 10.9 Å². The van der Waals surface area contributed by atoms with Crippen molar-refractivity contribution in [3.05, 3.63) is 48.3 Å². The van der Waals surface area contributed by atoms with E-state index in [1.807, 2.05) is 36.2 Å². The van der Waals surface area contributed by atoms with Crippen LogP contribution in [0.3, 0.4) is 0 Å². The van der Waals surface area contributed by atoms with Gasteiger partial charge in [-0.3, -0.25) is 4.79 Å². The second kappa shape index (κ2) is 7.73. The maximum Gasteiger partial charge on any atom is 0.276 e. The molecular formula is C20H24N6O. The van der Waals surface area contributed by atoms with Gasteiger partial charge in [0.1, 0.15) is 5.82 Å². The summed E-state index contributed by atoms with van der Waals surface area (Å²) in [4.78, 5) is 21.2. The van der Waals surface area contributed by atoms with E-state index in [1.54, 1.807) is 10.9 Å². The van der Waals surface area contributed by atoms with Crippen LogP contribution in [0, 0.1) is 0 Å². The molecule has 0 saturated carbocycles. The van der Waals surface area contributed by atoms with Crippen LogP contribution in [-0.2, 0) is 6.54 Å². The molecule has 1 saturated heterocycles. The number of anilines is 1. The van der Waals surface area contributed by atoms with Gasteiger partial charge in [0, 0.05) is 32.1 Å². The zero-order valence-corrected chi connectivity index (χ0v) is 15.6. The second-order valence-electron chi connectivity index (χ2n) is 7.00. The molecule has 0 aliphatic carbocycles. The molecule has 1 aliphatic heterocycles. The van der Waals surface area contributed by atoms with Crippen LogP contribution in [0.4, 0.5) is 5.82 Å². The molecular weight excluding hydrogens is 340 g/mol. The fourth-order valence-corrected chi connectivity index (χ4v) is 3.40. The van der Waals surface area contributed by atoms with Crippen molar-refractivity contribution in [1.82, 2.24) is 24.9 Å². The van der Waals surface area contributed by atoms with Crippen molar-refractivity contribution < 1.29 is 4.79 Å². The van der Waals surface area contributed by atoms with Crippen LogP contribution in [0.5, 0.6) is 0 Å². The predicted octanol–water partition coefficient (Wildman–Crippen LogP) is 2.59. The number of aromatic nitrogens is 4. The topological polar surface area (TPSA) is 67.2 Å². The van der Waals surface area contributed by atoms with E-state index in [1.165, 1.54) is 6.42 Å². The number of carbonyl (C=O) groups excluding carboxylic acids is 1. The summed E-state index contributed by atoms with van der Waals surface area (Å²) in [6, 6.07) is 12.2. The molecule has 140 valence electrons. The number of hydrogen-bond donors (Lipinski definition) is 0. The first-order valence-corrected chi connectivity index (χ1v) is 9.47. The Balaban J connectivity index is 1.38. The normalized spacial score (nSPS) is 14.5. The molecule has 7 nitrogen and oxygen atoms in total. The number of likely N-dealkylation sites (N-methyl/N-ethyl adjacent to an activating group) is 1. The monoisotopic (exact) mass is 364 g/mol. The number of amides is 1. The summed E-state index contributed by atoms with van der Waals surface area (Å²) < 4.78 is 1.73. The lowest BCUT2D eigenvalue weighted by atomic mass is 10.1. The maximum absolute atomic E-state index is 12.5. The highest BCUT2D eigenvalue weighted by Gasteiger charge is 2.20. The molecule has 1 fully saturated rings. The average Bonchev–Trinajstić information content (AvgIpc) is 3.21. The minimum absolute atomic E-state index is 0.00880. The summed E-state index contributed by atoms with van der Waals surface area (Å²) in [7, 11) is 2.01. The van der Waals surface area contributed by atoms with E-state index < -0.39 is 0 Å². The lowest BCUT2D eigenvalue weighted by molar-refractivity contribution is 0.0718. The first-order chi connectivity index (χ1) is 13.2. The highest BCUT2D eigenvalue weighted by molar-refractivity contribution is 5.92. The fourth-order valence-electron chi connectivity index (χ4n) is 3.40. The Morgan fingerprint density at radius 3 is 2.78 bits per heavy atom. The molecule has 3 aromatic rings. The van der Waals surface area contributed by atoms with Gasteiger partial charge in [0.2, 0.25) is 0 Å². The van der Waals surface area contributed by atoms with E-state index in [-0.39, 0.29) is 5.91 Å². The van der Waals surface area contributed by atoms with Gasteiger partial charge in [-0.05, 0) is 37.5 Å². The predicted molar refractivity (Wildman–Crippen MR) is 105 cm³/mol. The number of piperidine rings is 1. The molecule has 0 unspecified atom stereocenters. The Morgan fingerprint density at radius 1 is 1.11 bits per heavy atom. The number of fused-ring (bicyclic) bond motifs is 1. The van der Waals surface area contributed by atoms with E-state index in [0.717, 1.165) is 49.2 Å². The third-order valence-electron chi connectivity index (χ3n) is 5.04. The minimum Gasteiger partial charge on any atom is -0.358 e. The molecule has 0 N–H and O–H groups in total. The van der Waals surface area contributed by atoms with Crippen molar-refractivity contribution in [3.8, 4) is 0 Å². The molecule has 7 heteroatoms. The van der Waals surface area contributed by atoms with Gasteiger partial charge in [-0.1, -0.05) is 23.4 Å². The van der Waals surface area contributed by atoms with E-state index in [9.17, 15) is 4.79 Å².